The van der Waals surface area contributed by atoms with Crippen LogP contribution in [0, 0.1) is 0 Å². The second-order valence-corrected chi connectivity index (χ2v) is 5.19. The summed E-state index contributed by atoms with van der Waals surface area (Å²) in [6.07, 6.45) is 2.74. The molecule has 0 aliphatic carbocycles. The van der Waals surface area contributed by atoms with E-state index in [0.717, 1.165) is 17.8 Å². The predicted molar refractivity (Wildman–Crippen MR) is 88.3 cm³/mol. The van der Waals surface area contributed by atoms with E-state index < -0.39 is 0 Å². The molecule has 0 aliphatic rings. The molecule has 0 bridgehead atoms. The van der Waals surface area contributed by atoms with E-state index in [4.69, 9.17) is 29.6 Å². The standard InChI is InChI=1S/C15H16ClN3S/c1-2-10-5-4-8-18-13(10)9-19-12-7-3-6-11(16)14(12)15(17)20/h3-8,19H,2,9H2,1H3,(H2,17,20). The van der Waals surface area contributed by atoms with Crippen molar-refractivity contribution in [2.75, 3.05) is 5.32 Å². The zero-order valence-electron chi connectivity index (χ0n) is 11.2. The number of hydrogen-bond acceptors (Lipinski definition) is 3. The molecule has 5 heteroatoms. The van der Waals surface area contributed by atoms with E-state index in [1.165, 1.54) is 5.56 Å². The number of anilines is 1. The summed E-state index contributed by atoms with van der Waals surface area (Å²) in [4.78, 5) is 4.69. The third kappa shape index (κ3) is 3.26. The van der Waals surface area contributed by atoms with E-state index in [1.54, 1.807) is 12.3 Å². The van der Waals surface area contributed by atoms with Gasteiger partial charge in [-0.05, 0) is 30.2 Å². The average molecular weight is 306 g/mol. The van der Waals surface area contributed by atoms with Crippen LogP contribution in [0.5, 0.6) is 0 Å². The highest BCUT2D eigenvalue weighted by atomic mass is 35.5. The van der Waals surface area contributed by atoms with Gasteiger partial charge in [0.25, 0.3) is 0 Å². The van der Waals surface area contributed by atoms with Gasteiger partial charge in [0.1, 0.15) is 4.99 Å². The van der Waals surface area contributed by atoms with Gasteiger partial charge in [-0.1, -0.05) is 42.9 Å². The molecular formula is C15H16ClN3S. The number of benzene rings is 1. The lowest BCUT2D eigenvalue weighted by molar-refractivity contribution is 0.971. The minimum atomic E-state index is 0.287. The number of nitrogens with two attached hydrogens (primary N) is 1. The van der Waals surface area contributed by atoms with Crippen LogP contribution in [0.1, 0.15) is 23.7 Å². The van der Waals surface area contributed by atoms with Crippen LogP contribution in [0.3, 0.4) is 0 Å². The molecule has 3 nitrogen and oxygen atoms in total. The molecule has 104 valence electrons. The second kappa shape index (κ2) is 6.68. The van der Waals surface area contributed by atoms with Crippen LogP contribution in [0.15, 0.2) is 36.5 Å². The van der Waals surface area contributed by atoms with E-state index in [-0.39, 0.29) is 4.99 Å². The molecule has 1 heterocycles. The van der Waals surface area contributed by atoms with E-state index in [0.29, 0.717) is 17.1 Å². The molecule has 0 atom stereocenters. The molecule has 1 aromatic carbocycles. The summed E-state index contributed by atoms with van der Waals surface area (Å²) in [7, 11) is 0. The van der Waals surface area contributed by atoms with Gasteiger partial charge in [0, 0.05) is 11.9 Å². The minimum absolute atomic E-state index is 0.287. The maximum Gasteiger partial charge on any atom is 0.107 e. The number of aryl methyl sites for hydroxylation is 1. The number of pyridine rings is 1. The Morgan fingerprint density at radius 2 is 2.15 bits per heavy atom. The van der Waals surface area contributed by atoms with Crippen molar-refractivity contribution in [1.29, 1.82) is 0 Å². The summed E-state index contributed by atoms with van der Waals surface area (Å²) in [5.41, 5.74) is 9.48. The number of halogens is 1. The van der Waals surface area contributed by atoms with Gasteiger partial charge in [-0.3, -0.25) is 4.98 Å². The van der Waals surface area contributed by atoms with Crippen LogP contribution in [-0.4, -0.2) is 9.97 Å². The van der Waals surface area contributed by atoms with Crippen LogP contribution < -0.4 is 11.1 Å². The summed E-state index contributed by atoms with van der Waals surface area (Å²) in [6.45, 7) is 2.72. The second-order valence-electron chi connectivity index (χ2n) is 4.34. The first-order valence-corrected chi connectivity index (χ1v) is 7.17. The highest BCUT2D eigenvalue weighted by molar-refractivity contribution is 7.80. The molecule has 2 rings (SSSR count). The number of nitrogens with one attached hydrogen (secondary N) is 1. The SMILES string of the molecule is CCc1cccnc1CNc1cccc(Cl)c1C(N)=S. The fourth-order valence-electron chi connectivity index (χ4n) is 2.05. The number of hydrogen-bond donors (Lipinski definition) is 2. The molecule has 0 unspecified atom stereocenters. The molecule has 0 saturated carbocycles. The molecule has 1 aromatic heterocycles. The van der Waals surface area contributed by atoms with Crippen molar-refractivity contribution in [2.24, 2.45) is 5.73 Å². The maximum absolute atomic E-state index is 6.14. The molecule has 0 radical (unpaired) electrons. The molecule has 0 fully saturated rings. The van der Waals surface area contributed by atoms with Gasteiger partial charge in [0.05, 0.1) is 22.8 Å². The topological polar surface area (TPSA) is 50.9 Å². The van der Waals surface area contributed by atoms with E-state index >= 15 is 0 Å². The fourth-order valence-corrected chi connectivity index (χ4v) is 2.61. The molecule has 20 heavy (non-hydrogen) atoms. The van der Waals surface area contributed by atoms with Gasteiger partial charge in [-0.15, -0.1) is 0 Å². The van der Waals surface area contributed by atoms with Crippen LogP contribution >= 0.6 is 23.8 Å². The van der Waals surface area contributed by atoms with Crippen LogP contribution in [0.4, 0.5) is 5.69 Å². The molecule has 0 saturated heterocycles. The van der Waals surface area contributed by atoms with Gasteiger partial charge < -0.3 is 11.1 Å². The number of aromatic nitrogens is 1. The Kier molecular flexibility index (Phi) is 4.93. The van der Waals surface area contributed by atoms with Gasteiger partial charge in [0.2, 0.25) is 0 Å². The lowest BCUT2D eigenvalue weighted by atomic mass is 10.1. The van der Waals surface area contributed by atoms with Crippen LogP contribution in [-0.2, 0) is 13.0 Å². The Labute approximate surface area is 129 Å². The first-order valence-electron chi connectivity index (χ1n) is 6.38. The first-order chi connectivity index (χ1) is 9.63. The highest BCUT2D eigenvalue weighted by Crippen LogP contribution is 2.24. The zero-order valence-corrected chi connectivity index (χ0v) is 12.8. The summed E-state index contributed by atoms with van der Waals surface area (Å²) < 4.78 is 0. The van der Waals surface area contributed by atoms with Crippen molar-refractivity contribution in [1.82, 2.24) is 4.98 Å². The maximum atomic E-state index is 6.14. The average Bonchev–Trinajstić information content (AvgIpc) is 2.45. The van der Waals surface area contributed by atoms with Crippen molar-refractivity contribution >= 4 is 34.5 Å². The molecule has 3 N–H and O–H groups in total. The zero-order chi connectivity index (χ0) is 14.5. The predicted octanol–water partition coefficient (Wildman–Crippen LogP) is 3.54. The highest BCUT2D eigenvalue weighted by Gasteiger charge is 2.10. The summed E-state index contributed by atoms with van der Waals surface area (Å²) in [5.74, 6) is 0. The van der Waals surface area contributed by atoms with Crippen molar-refractivity contribution in [3.8, 4) is 0 Å². The van der Waals surface area contributed by atoms with Gasteiger partial charge >= 0.3 is 0 Å². The quantitative estimate of drug-likeness (QED) is 0.830. The lowest BCUT2D eigenvalue weighted by Crippen LogP contribution is -2.14. The van der Waals surface area contributed by atoms with Gasteiger partial charge in [-0.2, -0.15) is 0 Å². The van der Waals surface area contributed by atoms with E-state index in [2.05, 4.69) is 23.3 Å². The first kappa shape index (κ1) is 14.8. The number of thiocarbonyl (C=S) groups is 1. The van der Waals surface area contributed by atoms with Crippen LogP contribution in [0.25, 0.3) is 0 Å². The molecule has 0 aliphatic heterocycles. The molecule has 2 aromatic rings. The molecule has 0 amide bonds. The lowest BCUT2D eigenvalue weighted by Gasteiger charge is -2.13. The largest absolute Gasteiger partial charge is 0.389 e. The molecule has 0 spiro atoms. The van der Waals surface area contributed by atoms with Crippen molar-refractivity contribution in [3.63, 3.8) is 0 Å². The summed E-state index contributed by atoms with van der Waals surface area (Å²) in [5, 5.41) is 3.87. The third-order valence-electron chi connectivity index (χ3n) is 3.07. The Balaban J connectivity index is 2.23. The Hall–Kier alpha value is -1.65. The Morgan fingerprint density at radius 3 is 2.85 bits per heavy atom. The van der Waals surface area contributed by atoms with Crippen LogP contribution in [0.2, 0.25) is 5.02 Å². The van der Waals surface area contributed by atoms with Gasteiger partial charge in [-0.25, -0.2) is 0 Å². The Morgan fingerprint density at radius 1 is 1.35 bits per heavy atom. The van der Waals surface area contributed by atoms with E-state index in [1.807, 2.05) is 18.2 Å². The smallest absolute Gasteiger partial charge is 0.107 e. The summed E-state index contributed by atoms with van der Waals surface area (Å²) >= 11 is 11.2. The van der Waals surface area contributed by atoms with E-state index in [9.17, 15) is 0 Å². The monoisotopic (exact) mass is 305 g/mol. The fraction of sp³-hybridized carbons (Fsp3) is 0.200. The minimum Gasteiger partial charge on any atom is -0.389 e. The van der Waals surface area contributed by atoms with Crippen molar-refractivity contribution in [3.05, 3.63) is 58.4 Å². The van der Waals surface area contributed by atoms with Gasteiger partial charge in [0.15, 0.2) is 0 Å². The molecular weight excluding hydrogens is 290 g/mol. The number of nitrogens with zero attached hydrogens (tertiary/aromatic N) is 1. The third-order valence-corrected chi connectivity index (χ3v) is 3.59. The normalized spacial score (nSPS) is 10.3. The number of rotatable bonds is 5. The van der Waals surface area contributed by atoms with Crippen molar-refractivity contribution < 1.29 is 0 Å². The van der Waals surface area contributed by atoms with Crippen molar-refractivity contribution in [2.45, 2.75) is 19.9 Å². The Bertz CT molecular complexity index is 628. The summed E-state index contributed by atoms with van der Waals surface area (Å²) in [6, 6.07) is 9.58.